The van der Waals surface area contributed by atoms with Gasteiger partial charge in [0.25, 0.3) is 0 Å². The van der Waals surface area contributed by atoms with Gasteiger partial charge in [-0.05, 0) is 24.3 Å². The normalized spacial score (nSPS) is 32.1. The molecule has 0 saturated carbocycles. The highest BCUT2D eigenvalue weighted by Gasteiger charge is 2.72. The van der Waals surface area contributed by atoms with E-state index in [0.29, 0.717) is 17.1 Å². The van der Waals surface area contributed by atoms with E-state index in [9.17, 15) is 9.59 Å². The molecule has 0 N–H and O–H groups in total. The minimum absolute atomic E-state index is 0.226. The fourth-order valence-corrected chi connectivity index (χ4v) is 5.47. The molecule has 9 heteroatoms. The molecule has 7 rings (SSSR count). The number of aromatic nitrogens is 3. The lowest BCUT2D eigenvalue weighted by atomic mass is 9.72. The highest BCUT2D eigenvalue weighted by atomic mass is 16.7. The maximum Gasteiger partial charge on any atom is 0.240 e. The van der Waals surface area contributed by atoms with Gasteiger partial charge in [0.1, 0.15) is 17.5 Å². The number of ether oxygens (including phenoxy) is 1. The zero-order valence-corrected chi connectivity index (χ0v) is 16.7. The number of carbonyl (C=O) groups is 2. The highest BCUT2D eigenvalue weighted by molar-refractivity contribution is 6.23. The molecule has 4 aliphatic heterocycles. The largest absolute Gasteiger partial charge is 0.389 e. The summed E-state index contributed by atoms with van der Waals surface area (Å²) in [7, 11) is 0. The number of amides is 2. The molecule has 3 fully saturated rings. The van der Waals surface area contributed by atoms with Gasteiger partial charge in [-0.15, -0.1) is 5.10 Å². The highest BCUT2D eigenvalue weighted by Crippen LogP contribution is 2.55. The van der Waals surface area contributed by atoms with E-state index in [2.05, 4.69) is 15.4 Å². The molecular formula is C23H17N5O4. The molecule has 2 bridgehead atoms. The third-order valence-electron chi connectivity index (χ3n) is 6.80. The number of benzene rings is 2. The van der Waals surface area contributed by atoms with Gasteiger partial charge in [-0.25, -0.2) is 4.90 Å². The van der Waals surface area contributed by atoms with Crippen LogP contribution in [0.25, 0.3) is 5.69 Å². The molecule has 6 atom stereocenters. The zero-order valence-electron chi connectivity index (χ0n) is 16.7. The van der Waals surface area contributed by atoms with Gasteiger partial charge in [0, 0.05) is 0 Å². The first kappa shape index (κ1) is 17.8. The molecule has 0 spiro atoms. The number of anilines is 1. The maximum atomic E-state index is 13.3. The predicted octanol–water partition coefficient (Wildman–Crippen LogP) is 1.57. The molecule has 4 aliphatic rings. The number of hydrogen-bond donors (Lipinski definition) is 0. The Labute approximate surface area is 182 Å². The molecule has 3 saturated heterocycles. The van der Waals surface area contributed by atoms with Gasteiger partial charge in [-0.2, -0.15) is 9.90 Å². The van der Waals surface area contributed by atoms with Crippen LogP contribution in [0.4, 0.5) is 5.69 Å². The average Bonchev–Trinajstić information content (AvgIpc) is 3.62. The average molecular weight is 427 g/mol. The number of fused-ring (bicyclic) bond motifs is 8. The Bertz CT molecular complexity index is 1270. The summed E-state index contributed by atoms with van der Waals surface area (Å²) in [5.74, 6) is -1.83. The second-order valence-electron chi connectivity index (χ2n) is 8.39. The molecular weight excluding hydrogens is 410 g/mol. The Morgan fingerprint density at radius 3 is 2.12 bits per heavy atom. The number of para-hydroxylation sites is 2. The van der Waals surface area contributed by atoms with Crippen molar-refractivity contribution in [2.75, 3.05) is 4.90 Å². The van der Waals surface area contributed by atoms with Crippen LogP contribution < -0.4 is 4.90 Å². The summed E-state index contributed by atoms with van der Waals surface area (Å²) in [5.41, 5.74) is 2.60. The maximum absolute atomic E-state index is 13.3. The number of imide groups is 1. The summed E-state index contributed by atoms with van der Waals surface area (Å²) < 4.78 is 6.15. The third-order valence-corrected chi connectivity index (χ3v) is 6.80. The number of oxime groups is 1. The molecule has 5 heterocycles. The lowest BCUT2D eigenvalue weighted by Gasteiger charge is -2.25. The second kappa shape index (κ2) is 6.33. The summed E-state index contributed by atoms with van der Waals surface area (Å²) in [4.78, 5) is 35.1. The summed E-state index contributed by atoms with van der Waals surface area (Å²) in [6, 6.07) is 18.6. The van der Waals surface area contributed by atoms with Crippen LogP contribution >= 0.6 is 0 Å². The van der Waals surface area contributed by atoms with Crippen molar-refractivity contribution in [1.82, 2.24) is 15.0 Å². The first-order valence-electron chi connectivity index (χ1n) is 10.5. The number of carbonyl (C=O) groups excluding carboxylic acids is 2. The van der Waals surface area contributed by atoms with Crippen LogP contribution in [-0.4, -0.2) is 50.8 Å². The molecule has 1 aromatic heterocycles. The molecule has 0 aliphatic carbocycles. The summed E-state index contributed by atoms with van der Waals surface area (Å²) in [6.07, 6.45) is 0.235. The fourth-order valence-electron chi connectivity index (χ4n) is 5.47. The van der Waals surface area contributed by atoms with Crippen molar-refractivity contribution in [1.29, 1.82) is 0 Å². The molecule has 2 aromatic carbocycles. The van der Waals surface area contributed by atoms with Gasteiger partial charge in [0.2, 0.25) is 11.8 Å². The quantitative estimate of drug-likeness (QED) is 0.589. The van der Waals surface area contributed by atoms with Crippen LogP contribution in [0.3, 0.4) is 0 Å². The Balaban J connectivity index is 1.21. The van der Waals surface area contributed by atoms with Gasteiger partial charge < -0.3 is 9.57 Å². The van der Waals surface area contributed by atoms with Gasteiger partial charge in [0.05, 0.1) is 41.4 Å². The lowest BCUT2D eigenvalue weighted by Crippen LogP contribution is -2.45. The number of hydrogen-bond acceptors (Lipinski definition) is 7. The minimum atomic E-state index is -0.552. The molecule has 9 nitrogen and oxygen atoms in total. The van der Waals surface area contributed by atoms with Crippen molar-refractivity contribution in [3.8, 4) is 5.69 Å². The summed E-state index contributed by atoms with van der Waals surface area (Å²) >= 11 is 0. The Morgan fingerprint density at radius 1 is 0.750 bits per heavy atom. The zero-order chi connectivity index (χ0) is 21.4. The molecule has 2 amide bonds. The van der Waals surface area contributed by atoms with E-state index in [-0.39, 0.29) is 17.7 Å². The van der Waals surface area contributed by atoms with Gasteiger partial charge in [-0.3, -0.25) is 9.59 Å². The molecule has 0 radical (unpaired) electrons. The van der Waals surface area contributed by atoms with Crippen molar-refractivity contribution >= 4 is 23.2 Å². The summed E-state index contributed by atoms with van der Waals surface area (Å²) in [6.45, 7) is 0. The monoisotopic (exact) mass is 427 g/mol. The van der Waals surface area contributed by atoms with Crippen molar-refractivity contribution in [3.05, 3.63) is 72.6 Å². The summed E-state index contributed by atoms with van der Waals surface area (Å²) in [5, 5.41) is 13.2. The van der Waals surface area contributed by atoms with E-state index in [1.165, 1.54) is 9.70 Å². The number of nitrogens with zero attached hydrogens (tertiary/aromatic N) is 5. The molecule has 6 unspecified atom stereocenters. The Hall–Kier alpha value is -3.85. The van der Waals surface area contributed by atoms with Crippen molar-refractivity contribution < 1.29 is 19.2 Å². The molecule has 3 aromatic rings. The second-order valence-corrected chi connectivity index (χ2v) is 8.39. The standard InChI is InChI=1S/C23H17N5O4/c29-22-15-16(23(30)27(22)12-7-3-1-4-8-12)20-21-17(19(15)31-20)18(26-32-21)14-11-24-28(25-14)13-9-5-2-6-10-13/h1-11,15-17,19-21H. The van der Waals surface area contributed by atoms with E-state index >= 15 is 0 Å². The molecule has 158 valence electrons. The smallest absolute Gasteiger partial charge is 0.240 e. The van der Waals surface area contributed by atoms with E-state index < -0.39 is 30.1 Å². The van der Waals surface area contributed by atoms with E-state index in [1.54, 1.807) is 18.3 Å². The predicted molar refractivity (Wildman–Crippen MR) is 111 cm³/mol. The van der Waals surface area contributed by atoms with E-state index in [1.807, 2.05) is 48.5 Å². The molecule has 32 heavy (non-hydrogen) atoms. The van der Waals surface area contributed by atoms with Crippen LogP contribution in [0.5, 0.6) is 0 Å². The topological polar surface area (TPSA) is 98.9 Å². The van der Waals surface area contributed by atoms with Crippen LogP contribution in [0.15, 0.2) is 72.0 Å². The minimum Gasteiger partial charge on any atom is -0.389 e. The van der Waals surface area contributed by atoms with Crippen LogP contribution in [-0.2, 0) is 19.2 Å². The van der Waals surface area contributed by atoms with E-state index in [0.717, 1.165) is 5.69 Å². The van der Waals surface area contributed by atoms with Gasteiger partial charge >= 0.3 is 0 Å². The van der Waals surface area contributed by atoms with Gasteiger partial charge in [0.15, 0.2) is 6.10 Å². The Kier molecular flexibility index (Phi) is 3.52. The SMILES string of the molecule is O=C1C2C3OC(C4C(c5cnn(-c6ccccc6)n5)=NOC34)C2C(=O)N1c1ccccc1. The van der Waals surface area contributed by atoms with E-state index in [4.69, 9.17) is 9.57 Å². The first-order valence-corrected chi connectivity index (χ1v) is 10.5. The van der Waals surface area contributed by atoms with Crippen LogP contribution in [0.1, 0.15) is 5.69 Å². The number of rotatable bonds is 3. The first-order chi connectivity index (χ1) is 15.7. The lowest BCUT2D eigenvalue weighted by molar-refractivity contribution is -0.125. The van der Waals surface area contributed by atoms with Crippen LogP contribution in [0.2, 0.25) is 0 Å². The van der Waals surface area contributed by atoms with Crippen LogP contribution in [0, 0.1) is 17.8 Å². The van der Waals surface area contributed by atoms with Gasteiger partial charge in [-0.1, -0.05) is 41.6 Å². The third kappa shape index (κ3) is 2.23. The fraction of sp³-hybridized carbons (Fsp3) is 0.261. The van der Waals surface area contributed by atoms with Crippen molar-refractivity contribution in [2.45, 2.75) is 18.3 Å². The van der Waals surface area contributed by atoms with Crippen molar-refractivity contribution in [2.24, 2.45) is 22.9 Å². The Morgan fingerprint density at radius 2 is 1.41 bits per heavy atom. The van der Waals surface area contributed by atoms with Crippen molar-refractivity contribution in [3.63, 3.8) is 0 Å².